The second kappa shape index (κ2) is 10.2. The molecule has 170 valence electrons. The summed E-state index contributed by atoms with van der Waals surface area (Å²) < 4.78 is 5.62. The Bertz CT molecular complexity index is 812. The zero-order valence-electron chi connectivity index (χ0n) is 17.9. The molecule has 2 unspecified atom stereocenters. The highest BCUT2D eigenvalue weighted by Gasteiger charge is 2.29. The molecule has 2 atom stereocenters. The van der Waals surface area contributed by atoms with Crippen molar-refractivity contribution in [1.29, 1.82) is 0 Å². The number of hydrogen-bond acceptors (Lipinski definition) is 5. The maximum absolute atomic E-state index is 12.7. The van der Waals surface area contributed by atoms with E-state index in [1.54, 1.807) is 6.07 Å². The van der Waals surface area contributed by atoms with Gasteiger partial charge in [0.25, 0.3) is 5.91 Å². The van der Waals surface area contributed by atoms with Crippen molar-refractivity contribution in [3.8, 4) is 5.75 Å². The van der Waals surface area contributed by atoms with Gasteiger partial charge in [-0.15, -0.1) is 0 Å². The Balaban J connectivity index is 1.20. The molecule has 1 aromatic rings. The first kappa shape index (κ1) is 22.4. The van der Waals surface area contributed by atoms with Gasteiger partial charge in [-0.2, -0.15) is 0 Å². The molecule has 0 spiro atoms. The number of aliphatic hydroxyl groups excluding tert-OH is 1. The first-order valence-electron chi connectivity index (χ1n) is 11.4. The third kappa shape index (κ3) is 5.51. The molecule has 0 radical (unpaired) electrons. The summed E-state index contributed by atoms with van der Waals surface area (Å²) in [7, 11) is 0. The fourth-order valence-corrected chi connectivity index (χ4v) is 5.06. The molecule has 7 nitrogen and oxygen atoms in total. The van der Waals surface area contributed by atoms with E-state index in [9.17, 15) is 14.7 Å². The van der Waals surface area contributed by atoms with E-state index in [0.29, 0.717) is 42.5 Å². The standard InChI is InChI=1S/C23H32ClN3O4/c24-18-12-16-6-11-31-22(16)19(13-18)23(30)25-14-17-5-10-26(15-20(17)28)7-3-4-21(29)27-8-1-2-9-27/h12-13,17,20,28H,1-11,14-15H2,(H,25,30). The summed E-state index contributed by atoms with van der Waals surface area (Å²) in [5.74, 6) is 0.683. The monoisotopic (exact) mass is 449 g/mol. The summed E-state index contributed by atoms with van der Waals surface area (Å²) in [6.07, 6.45) is 4.72. The molecule has 2 amide bonds. The molecular formula is C23H32ClN3O4. The molecule has 1 aromatic carbocycles. The fourth-order valence-electron chi connectivity index (χ4n) is 4.82. The van der Waals surface area contributed by atoms with Crippen LogP contribution in [0.1, 0.15) is 48.0 Å². The topological polar surface area (TPSA) is 82.1 Å². The van der Waals surface area contributed by atoms with E-state index >= 15 is 0 Å². The van der Waals surface area contributed by atoms with Crippen molar-refractivity contribution < 1.29 is 19.4 Å². The lowest BCUT2D eigenvalue weighted by Crippen LogP contribution is -2.48. The fraction of sp³-hybridized carbons (Fsp3) is 0.652. The molecule has 0 saturated carbocycles. The van der Waals surface area contributed by atoms with Gasteiger partial charge in [0.2, 0.25) is 5.91 Å². The second-order valence-electron chi connectivity index (χ2n) is 8.86. The number of carbonyl (C=O) groups is 2. The second-order valence-corrected chi connectivity index (χ2v) is 9.29. The van der Waals surface area contributed by atoms with E-state index in [-0.39, 0.29) is 17.7 Å². The molecule has 31 heavy (non-hydrogen) atoms. The Hall–Kier alpha value is -1.83. The quantitative estimate of drug-likeness (QED) is 0.666. The lowest BCUT2D eigenvalue weighted by atomic mass is 9.93. The number of benzene rings is 1. The van der Waals surface area contributed by atoms with Gasteiger partial charge >= 0.3 is 0 Å². The molecule has 3 aliphatic heterocycles. The molecule has 0 aromatic heterocycles. The number of carbonyl (C=O) groups excluding carboxylic acids is 2. The first-order chi connectivity index (χ1) is 15.0. The van der Waals surface area contributed by atoms with Gasteiger partial charge in [0, 0.05) is 50.0 Å². The van der Waals surface area contributed by atoms with Gasteiger partial charge < -0.3 is 25.0 Å². The maximum Gasteiger partial charge on any atom is 0.255 e. The van der Waals surface area contributed by atoms with Crippen LogP contribution in [-0.4, -0.2) is 78.7 Å². The van der Waals surface area contributed by atoms with Crippen LogP contribution in [0.15, 0.2) is 12.1 Å². The number of halogens is 1. The lowest BCUT2D eigenvalue weighted by molar-refractivity contribution is -0.130. The largest absolute Gasteiger partial charge is 0.492 e. The zero-order chi connectivity index (χ0) is 21.8. The van der Waals surface area contributed by atoms with Gasteiger partial charge in [0.1, 0.15) is 5.75 Å². The molecular weight excluding hydrogens is 418 g/mol. The molecule has 0 aliphatic carbocycles. The normalized spacial score (nSPS) is 23.5. The molecule has 3 heterocycles. The van der Waals surface area contributed by atoms with E-state index < -0.39 is 6.10 Å². The Morgan fingerprint density at radius 3 is 2.81 bits per heavy atom. The van der Waals surface area contributed by atoms with Crippen molar-refractivity contribution in [2.75, 3.05) is 45.9 Å². The van der Waals surface area contributed by atoms with Crippen LogP contribution in [0.2, 0.25) is 5.02 Å². The minimum absolute atomic E-state index is 0.0135. The van der Waals surface area contributed by atoms with Gasteiger partial charge in [-0.1, -0.05) is 11.6 Å². The summed E-state index contributed by atoms with van der Waals surface area (Å²) in [6, 6.07) is 3.49. The van der Waals surface area contributed by atoms with Gasteiger partial charge in [-0.25, -0.2) is 0 Å². The third-order valence-electron chi connectivity index (χ3n) is 6.65. The van der Waals surface area contributed by atoms with Crippen LogP contribution >= 0.6 is 11.6 Å². The predicted octanol–water partition coefficient (Wildman–Crippen LogP) is 2.09. The number of hydrogen-bond donors (Lipinski definition) is 2. The number of rotatable bonds is 7. The smallest absolute Gasteiger partial charge is 0.255 e. The highest BCUT2D eigenvalue weighted by Crippen LogP contribution is 2.32. The van der Waals surface area contributed by atoms with Crippen molar-refractivity contribution in [2.45, 2.75) is 44.6 Å². The number of piperidine rings is 1. The number of amides is 2. The van der Waals surface area contributed by atoms with Crippen molar-refractivity contribution in [3.05, 3.63) is 28.3 Å². The number of nitrogens with zero attached hydrogens (tertiary/aromatic N) is 2. The SMILES string of the molecule is O=C(NCC1CCN(CCCC(=O)N2CCCC2)CC1O)c1cc(Cl)cc2c1OCC2. The van der Waals surface area contributed by atoms with E-state index in [4.69, 9.17) is 16.3 Å². The van der Waals surface area contributed by atoms with Crippen LogP contribution < -0.4 is 10.1 Å². The lowest BCUT2D eigenvalue weighted by Gasteiger charge is -2.36. The molecule has 2 fully saturated rings. The van der Waals surface area contributed by atoms with Gasteiger partial charge in [-0.3, -0.25) is 9.59 Å². The number of aliphatic hydroxyl groups is 1. The molecule has 3 aliphatic rings. The van der Waals surface area contributed by atoms with Crippen LogP contribution in [0.4, 0.5) is 0 Å². The number of nitrogens with one attached hydrogen (secondary N) is 1. The average molecular weight is 450 g/mol. The molecule has 4 rings (SSSR count). The number of likely N-dealkylation sites (tertiary alicyclic amines) is 2. The van der Waals surface area contributed by atoms with Crippen molar-refractivity contribution in [1.82, 2.24) is 15.1 Å². The van der Waals surface area contributed by atoms with Crippen molar-refractivity contribution in [3.63, 3.8) is 0 Å². The van der Waals surface area contributed by atoms with Crippen LogP contribution in [0.5, 0.6) is 5.75 Å². The van der Waals surface area contributed by atoms with E-state index in [2.05, 4.69) is 10.2 Å². The minimum atomic E-state index is -0.496. The summed E-state index contributed by atoms with van der Waals surface area (Å²) >= 11 is 6.15. The molecule has 2 N–H and O–H groups in total. The van der Waals surface area contributed by atoms with Gasteiger partial charge in [-0.05, 0) is 56.5 Å². The summed E-state index contributed by atoms with van der Waals surface area (Å²) in [5.41, 5.74) is 1.43. The highest BCUT2D eigenvalue weighted by molar-refractivity contribution is 6.31. The Morgan fingerprint density at radius 2 is 2.03 bits per heavy atom. The molecule has 8 heteroatoms. The Morgan fingerprint density at radius 1 is 1.23 bits per heavy atom. The Labute approximate surface area is 188 Å². The van der Waals surface area contributed by atoms with Crippen molar-refractivity contribution in [2.24, 2.45) is 5.92 Å². The summed E-state index contributed by atoms with van der Waals surface area (Å²) in [5, 5.41) is 14.1. The first-order valence-corrected chi connectivity index (χ1v) is 11.8. The molecule has 0 bridgehead atoms. The maximum atomic E-state index is 12.7. The van der Waals surface area contributed by atoms with E-state index in [1.165, 1.54) is 0 Å². The van der Waals surface area contributed by atoms with Crippen LogP contribution in [0.25, 0.3) is 0 Å². The number of β-amino-alcohol motifs (C(OH)–C–C–N with tert-alkyl or cyclic N) is 1. The van der Waals surface area contributed by atoms with Gasteiger partial charge in [0.05, 0.1) is 18.3 Å². The average Bonchev–Trinajstić information content (AvgIpc) is 3.44. The number of ether oxygens (including phenoxy) is 1. The van der Waals surface area contributed by atoms with Crippen molar-refractivity contribution >= 4 is 23.4 Å². The minimum Gasteiger partial charge on any atom is -0.492 e. The summed E-state index contributed by atoms with van der Waals surface area (Å²) in [4.78, 5) is 29.1. The molecule has 2 saturated heterocycles. The van der Waals surface area contributed by atoms with Crippen LogP contribution in [0.3, 0.4) is 0 Å². The van der Waals surface area contributed by atoms with E-state index in [0.717, 1.165) is 63.8 Å². The number of fused-ring (bicyclic) bond motifs is 1. The zero-order valence-corrected chi connectivity index (χ0v) is 18.7. The van der Waals surface area contributed by atoms with Gasteiger partial charge in [0.15, 0.2) is 0 Å². The Kier molecular flexibility index (Phi) is 7.35. The third-order valence-corrected chi connectivity index (χ3v) is 6.87. The van der Waals surface area contributed by atoms with E-state index in [1.807, 2.05) is 11.0 Å². The highest BCUT2D eigenvalue weighted by atomic mass is 35.5. The summed E-state index contributed by atoms with van der Waals surface area (Å²) in [6.45, 7) is 5.05. The van der Waals surface area contributed by atoms with Crippen LogP contribution in [0, 0.1) is 5.92 Å². The predicted molar refractivity (Wildman–Crippen MR) is 119 cm³/mol. The van der Waals surface area contributed by atoms with Crippen LogP contribution in [-0.2, 0) is 11.2 Å².